The van der Waals surface area contributed by atoms with E-state index in [2.05, 4.69) is 32.7 Å². The Labute approximate surface area is 248 Å². The molecular formula is C28H29FN5O6PS. The Morgan fingerprint density at radius 3 is 2.43 bits per heavy atom. The average Bonchev–Trinajstić information content (AvgIpc) is 3.01. The van der Waals surface area contributed by atoms with Gasteiger partial charge in [-0.15, -0.1) is 0 Å². The molecule has 1 fully saturated rings. The number of anilines is 1. The molecule has 3 aromatic rings. The molecule has 2 N–H and O–H groups in total. The maximum atomic E-state index is 13.6. The van der Waals surface area contributed by atoms with Gasteiger partial charge in [0.2, 0.25) is 5.75 Å². The van der Waals surface area contributed by atoms with Crippen molar-refractivity contribution in [1.82, 2.24) is 15.6 Å². The molecule has 0 atom stereocenters. The number of esters is 1. The third-order valence-electron chi connectivity index (χ3n) is 6.14. The maximum Gasteiger partial charge on any atom is 0.312 e. The van der Waals surface area contributed by atoms with Gasteiger partial charge in [0.05, 0.1) is 17.6 Å². The Bertz CT molecular complexity index is 1440. The van der Waals surface area contributed by atoms with Gasteiger partial charge in [-0.3, -0.25) is 29.5 Å². The minimum absolute atomic E-state index is 0.0109. The molecule has 1 aliphatic heterocycles. The lowest BCUT2D eigenvalue weighted by Crippen LogP contribution is -2.43. The number of amides is 1. The molecule has 14 heteroatoms. The number of rotatable bonds is 10. The number of pyridine rings is 1. The van der Waals surface area contributed by atoms with Gasteiger partial charge < -0.3 is 20.3 Å². The number of nitro groups is 1. The van der Waals surface area contributed by atoms with Gasteiger partial charge in [0.15, 0.2) is 5.78 Å². The average molecular weight is 614 g/mol. The predicted octanol–water partition coefficient (Wildman–Crippen LogP) is 4.20. The minimum Gasteiger partial charge on any atom is -0.419 e. The fraction of sp³-hybridized carbons (Fsp3) is 0.286. The molecule has 0 spiro atoms. The Morgan fingerprint density at radius 2 is 1.79 bits per heavy atom. The molecule has 0 bridgehead atoms. The van der Waals surface area contributed by atoms with Crippen molar-refractivity contribution >= 4 is 48.2 Å². The highest BCUT2D eigenvalue weighted by molar-refractivity contribution is 7.96. The summed E-state index contributed by atoms with van der Waals surface area (Å²) in [7, 11) is 0.511. The van der Waals surface area contributed by atoms with Crippen LogP contribution < -0.4 is 20.3 Å². The number of piperazine rings is 1. The van der Waals surface area contributed by atoms with E-state index in [1.54, 1.807) is 6.92 Å². The Morgan fingerprint density at radius 1 is 1.10 bits per heavy atom. The van der Waals surface area contributed by atoms with Crippen molar-refractivity contribution in [1.29, 1.82) is 0 Å². The van der Waals surface area contributed by atoms with Crippen LogP contribution in [-0.2, 0) is 16.6 Å². The maximum absolute atomic E-state index is 13.6. The number of halogens is 1. The number of ketones is 1. The smallest absolute Gasteiger partial charge is 0.312 e. The largest absolute Gasteiger partial charge is 0.419 e. The first-order valence-corrected chi connectivity index (χ1v) is 15.0. The van der Waals surface area contributed by atoms with Crippen LogP contribution in [-0.4, -0.2) is 60.0 Å². The Hall–Kier alpha value is -4.19. The molecule has 2 heterocycles. The van der Waals surface area contributed by atoms with Crippen molar-refractivity contribution in [3.8, 4) is 5.75 Å². The first kappa shape index (κ1) is 32.3. The highest BCUT2D eigenvalue weighted by atomic mass is 32.4. The second kappa shape index (κ2) is 16.3. The van der Waals surface area contributed by atoms with Crippen molar-refractivity contribution in [3.05, 3.63) is 93.5 Å². The van der Waals surface area contributed by atoms with E-state index in [0.29, 0.717) is 12.9 Å². The molecule has 0 unspecified atom stereocenters. The lowest BCUT2D eigenvalue weighted by molar-refractivity contribution is -0.385. The van der Waals surface area contributed by atoms with Crippen molar-refractivity contribution in [2.24, 2.45) is 0 Å². The summed E-state index contributed by atoms with van der Waals surface area (Å²) in [5.41, 5.74) is 1.23. The van der Waals surface area contributed by atoms with E-state index in [4.69, 9.17) is 16.5 Å². The molecule has 220 valence electrons. The van der Waals surface area contributed by atoms with E-state index in [-0.39, 0.29) is 36.0 Å². The quantitative estimate of drug-likeness (QED) is 0.0853. The van der Waals surface area contributed by atoms with Crippen LogP contribution in [0.5, 0.6) is 5.75 Å². The van der Waals surface area contributed by atoms with E-state index in [1.165, 1.54) is 23.9 Å². The molecule has 0 radical (unpaired) electrons. The number of nitrogens with one attached hydrogen (secondary N) is 2. The number of aromatic nitrogens is 1. The van der Waals surface area contributed by atoms with Crippen molar-refractivity contribution in [3.63, 3.8) is 0 Å². The lowest BCUT2D eigenvalue weighted by Gasteiger charge is -2.29. The van der Waals surface area contributed by atoms with Crippen LogP contribution in [0.2, 0.25) is 0 Å². The number of carbonyl (C=O) groups is 3. The van der Waals surface area contributed by atoms with Crippen LogP contribution in [0.3, 0.4) is 0 Å². The second-order valence-corrected chi connectivity index (χ2v) is 10.4. The molecule has 2 aromatic carbocycles. The van der Waals surface area contributed by atoms with Crippen LogP contribution in [0.4, 0.5) is 15.8 Å². The first-order valence-electron chi connectivity index (χ1n) is 12.9. The molecule has 1 aromatic heterocycles. The summed E-state index contributed by atoms with van der Waals surface area (Å²) in [6.07, 6.45) is 3.29. The third kappa shape index (κ3) is 9.72. The summed E-state index contributed by atoms with van der Waals surface area (Å²) in [5, 5.41) is 17.1. The van der Waals surface area contributed by atoms with E-state index in [9.17, 15) is 28.9 Å². The van der Waals surface area contributed by atoms with Gasteiger partial charge in [0, 0.05) is 67.9 Å². The molecule has 11 nitrogen and oxygen atoms in total. The normalized spacial score (nSPS) is 12.6. The Kier molecular flexibility index (Phi) is 12.5. The van der Waals surface area contributed by atoms with Crippen molar-refractivity contribution in [2.45, 2.75) is 19.8 Å². The van der Waals surface area contributed by atoms with E-state index < -0.39 is 34.1 Å². The van der Waals surface area contributed by atoms with Gasteiger partial charge in [-0.25, -0.2) is 4.39 Å². The molecule has 1 aliphatic rings. The molecule has 42 heavy (non-hydrogen) atoms. The van der Waals surface area contributed by atoms with Crippen molar-refractivity contribution < 1.29 is 28.4 Å². The van der Waals surface area contributed by atoms with Gasteiger partial charge in [-0.2, -0.15) is 0 Å². The van der Waals surface area contributed by atoms with E-state index in [1.807, 2.05) is 12.4 Å². The zero-order valence-electron chi connectivity index (χ0n) is 22.7. The minimum atomic E-state index is -0.874. The van der Waals surface area contributed by atoms with Crippen LogP contribution >= 0.6 is 7.36 Å². The number of hydrogen-bond donors (Lipinski definition) is 2. The standard InChI is InChI=1S/C19H16FN2O6PS.C9H13N3/c1-11-2-3-12(8-14(11)20)16(23)5-7-18(24)28-17-6-4-13(9-15(17)22(26)27)19(25)21-10-29-30;1-3-10-4-2-9(1)12-7-5-11-6-8-12/h2-4,6,8-9H,5,7,10H2,1H3,(H,21,25);1-4,11H,5-8H2. The summed E-state index contributed by atoms with van der Waals surface area (Å²) in [4.78, 5) is 52.9. The van der Waals surface area contributed by atoms with Gasteiger partial charge in [-0.05, 0) is 50.2 Å². The third-order valence-corrected chi connectivity index (χ3v) is 6.82. The zero-order chi connectivity index (χ0) is 30.5. The van der Waals surface area contributed by atoms with Crippen molar-refractivity contribution in [2.75, 3.05) is 37.4 Å². The van der Waals surface area contributed by atoms with Crippen LogP contribution in [0, 0.1) is 22.9 Å². The SMILES string of the molecule is Cc1ccc(C(=O)CCC(=O)Oc2ccc(C(=O)NCP=S)cc2[N+](=O)[O-])cc1F.c1cc(N2CCNCC2)ccn1. The zero-order valence-corrected chi connectivity index (χ0v) is 24.5. The summed E-state index contributed by atoms with van der Waals surface area (Å²) in [5.74, 6) is -2.77. The summed E-state index contributed by atoms with van der Waals surface area (Å²) in [6.45, 7) is 5.93. The monoisotopic (exact) mass is 613 g/mol. The topological polar surface area (TPSA) is 144 Å². The van der Waals surface area contributed by atoms with E-state index >= 15 is 0 Å². The number of benzene rings is 2. The second-order valence-electron chi connectivity index (χ2n) is 9.04. The summed E-state index contributed by atoms with van der Waals surface area (Å²) >= 11 is 4.69. The Balaban J connectivity index is 0.000000332. The van der Waals surface area contributed by atoms with Gasteiger partial charge in [0.1, 0.15) is 5.82 Å². The number of Topliss-reactive ketones (excluding diaryl/α,β-unsaturated/α-hetero) is 1. The molecule has 4 rings (SSSR count). The highest BCUT2D eigenvalue weighted by Gasteiger charge is 2.21. The van der Waals surface area contributed by atoms with Crippen LogP contribution in [0.15, 0.2) is 60.9 Å². The molecule has 1 amide bonds. The summed E-state index contributed by atoms with van der Waals surface area (Å²) < 4.78 is 18.6. The fourth-order valence-electron chi connectivity index (χ4n) is 3.87. The van der Waals surface area contributed by atoms with Gasteiger partial charge >= 0.3 is 11.7 Å². The van der Waals surface area contributed by atoms with E-state index in [0.717, 1.165) is 44.4 Å². The van der Waals surface area contributed by atoms with Gasteiger partial charge in [-0.1, -0.05) is 23.9 Å². The van der Waals surface area contributed by atoms with Crippen LogP contribution in [0.25, 0.3) is 0 Å². The lowest BCUT2D eigenvalue weighted by atomic mass is 10.0. The van der Waals surface area contributed by atoms with Gasteiger partial charge in [0.25, 0.3) is 5.91 Å². The number of aryl methyl sites for hydroxylation is 1. The number of nitrogens with zero attached hydrogens (tertiary/aromatic N) is 3. The fourth-order valence-corrected chi connectivity index (χ4v) is 4.27. The highest BCUT2D eigenvalue weighted by Crippen LogP contribution is 2.28. The molecule has 0 saturated carbocycles. The number of nitro benzene ring substituents is 1. The number of carbonyl (C=O) groups excluding carboxylic acids is 3. The molecular weight excluding hydrogens is 584 g/mol. The molecule has 0 aliphatic carbocycles. The predicted molar refractivity (Wildman–Crippen MR) is 159 cm³/mol. The first-order chi connectivity index (χ1) is 20.2. The number of ether oxygens (including phenoxy) is 1. The molecule has 1 saturated heterocycles. The summed E-state index contributed by atoms with van der Waals surface area (Å²) in [6, 6.07) is 11.5. The number of hydrogen-bond acceptors (Lipinski definition) is 10. The van der Waals surface area contributed by atoms with Crippen LogP contribution in [0.1, 0.15) is 39.1 Å².